The predicted molar refractivity (Wildman–Crippen MR) is 119 cm³/mol. The van der Waals surface area contributed by atoms with Gasteiger partial charge in [0.2, 0.25) is 15.9 Å². The predicted octanol–water partition coefficient (Wildman–Crippen LogP) is 2.57. The fourth-order valence-electron chi connectivity index (χ4n) is 3.64. The van der Waals surface area contributed by atoms with Gasteiger partial charge in [0.05, 0.1) is 24.2 Å². The van der Waals surface area contributed by atoms with Crippen molar-refractivity contribution in [2.75, 3.05) is 16.3 Å². The molecule has 1 fully saturated rings. The van der Waals surface area contributed by atoms with Crippen molar-refractivity contribution in [3.8, 4) is 0 Å². The monoisotopic (exact) mass is 451 g/mol. The Hall–Kier alpha value is -2.07. The molecule has 0 radical (unpaired) electrons. The quantitative estimate of drug-likeness (QED) is 0.620. The molecule has 0 bridgehead atoms. The van der Waals surface area contributed by atoms with Crippen molar-refractivity contribution in [1.29, 1.82) is 0 Å². The Balaban J connectivity index is 1.63. The van der Waals surface area contributed by atoms with Crippen LogP contribution >= 0.6 is 11.8 Å². The van der Waals surface area contributed by atoms with Crippen LogP contribution in [-0.2, 0) is 28.4 Å². The molecule has 1 aliphatic carbocycles. The van der Waals surface area contributed by atoms with Crippen molar-refractivity contribution in [3.05, 3.63) is 36.2 Å². The number of nitrogens with zero attached hydrogens (tertiary/aromatic N) is 4. The highest BCUT2D eigenvalue weighted by atomic mass is 32.2. The topological polar surface area (TPSA) is 97.2 Å². The molecule has 1 heterocycles. The Labute approximate surface area is 182 Å². The second-order valence-electron chi connectivity index (χ2n) is 7.79. The lowest BCUT2D eigenvalue weighted by Gasteiger charge is -2.29. The Morgan fingerprint density at radius 2 is 1.93 bits per heavy atom. The van der Waals surface area contributed by atoms with E-state index < -0.39 is 10.0 Å². The molecule has 0 spiro atoms. The van der Waals surface area contributed by atoms with Gasteiger partial charge in [-0.05, 0) is 30.9 Å². The molecule has 3 rings (SSSR count). The number of nitrogens with one attached hydrogen (secondary N) is 1. The maximum Gasteiger partial charge on any atom is 0.232 e. The van der Waals surface area contributed by atoms with Crippen LogP contribution in [-0.4, -0.2) is 47.1 Å². The third-order valence-corrected chi connectivity index (χ3v) is 7.61. The van der Waals surface area contributed by atoms with Crippen LogP contribution < -0.4 is 9.62 Å². The minimum Gasteiger partial charge on any atom is -0.352 e. The van der Waals surface area contributed by atoms with Gasteiger partial charge in [-0.3, -0.25) is 9.10 Å². The largest absolute Gasteiger partial charge is 0.352 e. The number of benzene rings is 1. The molecule has 1 amide bonds. The lowest BCUT2D eigenvalue weighted by Crippen LogP contribution is -2.41. The van der Waals surface area contributed by atoms with Gasteiger partial charge in [0.1, 0.15) is 0 Å². The summed E-state index contributed by atoms with van der Waals surface area (Å²) in [4.78, 5) is 12.4. The third-order valence-electron chi connectivity index (χ3n) is 5.44. The molecule has 2 aromatic rings. The second kappa shape index (κ2) is 9.82. The normalized spacial score (nSPS) is 19.4. The molecule has 30 heavy (non-hydrogen) atoms. The lowest BCUT2D eigenvalue weighted by atomic mass is 9.86. The summed E-state index contributed by atoms with van der Waals surface area (Å²) in [7, 11) is -1.71. The minimum atomic E-state index is -3.49. The highest BCUT2D eigenvalue weighted by molar-refractivity contribution is 7.99. The van der Waals surface area contributed by atoms with Gasteiger partial charge in [-0.1, -0.05) is 49.7 Å². The van der Waals surface area contributed by atoms with E-state index in [1.54, 1.807) is 35.9 Å². The Bertz CT molecular complexity index is 962. The van der Waals surface area contributed by atoms with Crippen LogP contribution in [0.15, 0.2) is 35.5 Å². The summed E-state index contributed by atoms with van der Waals surface area (Å²) in [5.74, 6) is 1.26. The van der Waals surface area contributed by atoms with Crippen molar-refractivity contribution in [3.63, 3.8) is 0 Å². The Morgan fingerprint density at radius 1 is 1.23 bits per heavy atom. The van der Waals surface area contributed by atoms with Gasteiger partial charge in [-0.15, -0.1) is 10.2 Å². The number of carbonyl (C=O) groups excluding carboxylic acids is 1. The summed E-state index contributed by atoms with van der Waals surface area (Å²) in [5.41, 5.74) is 0.568. The van der Waals surface area contributed by atoms with Gasteiger partial charge in [0.25, 0.3) is 0 Å². The minimum absolute atomic E-state index is 0.00894. The van der Waals surface area contributed by atoms with E-state index in [0.717, 1.165) is 19.3 Å². The number of thioether (sulfide) groups is 1. The zero-order valence-corrected chi connectivity index (χ0v) is 19.2. The standard InChI is InChI=1S/C20H29N5O3S2/c1-15-9-7-8-12-17(15)21-19(26)14-29-20-23-22-18(24(20)2)13-25(30(3,27)28)16-10-5-4-6-11-16/h4-6,10-11,15,17H,7-9,12-14H2,1-3H3,(H,21,26)/t15-,17-/m0/s1. The molecule has 1 aromatic heterocycles. The Morgan fingerprint density at radius 3 is 2.60 bits per heavy atom. The van der Waals surface area contributed by atoms with Gasteiger partial charge in [-0.2, -0.15) is 0 Å². The zero-order chi connectivity index (χ0) is 21.7. The van der Waals surface area contributed by atoms with Crippen LogP contribution in [0.25, 0.3) is 0 Å². The first-order chi connectivity index (χ1) is 14.3. The van der Waals surface area contributed by atoms with Gasteiger partial charge >= 0.3 is 0 Å². The molecule has 0 aliphatic heterocycles. The summed E-state index contributed by atoms with van der Waals surface area (Å²) in [5, 5.41) is 12.0. The van der Waals surface area contributed by atoms with Crippen LogP contribution in [0.1, 0.15) is 38.4 Å². The lowest BCUT2D eigenvalue weighted by molar-refractivity contribution is -0.119. The van der Waals surface area contributed by atoms with Gasteiger partial charge < -0.3 is 9.88 Å². The van der Waals surface area contributed by atoms with Crippen molar-refractivity contribution in [1.82, 2.24) is 20.1 Å². The van der Waals surface area contributed by atoms with Gasteiger partial charge in [0, 0.05) is 13.1 Å². The number of sulfonamides is 1. The van der Waals surface area contributed by atoms with E-state index in [0.29, 0.717) is 22.6 Å². The zero-order valence-electron chi connectivity index (χ0n) is 17.6. The van der Waals surface area contributed by atoms with E-state index in [-0.39, 0.29) is 24.2 Å². The van der Waals surface area contributed by atoms with Gasteiger partial charge in [0.15, 0.2) is 11.0 Å². The average Bonchev–Trinajstić information content (AvgIpc) is 3.05. The summed E-state index contributed by atoms with van der Waals surface area (Å²) in [6.45, 7) is 2.26. The van der Waals surface area contributed by atoms with E-state index in [9.17, 15) is 13.2 Å². The fourth-order valence-corrected chi connectivity index (χ4v) is 5.24. The summed E-state index contributed by atoms with van der Waals surface area (Å²) >= 11 is 1.31. The van der Waals surface area contributed by atoms with E-state index in [1.807, 2.05) is 6.07 Å². The second-order valence-corrected chi connectivity index (χ2v) is 10.6. The molecule has 10 heteroatoms. The molecule has 8 nitrogen and oxygen atoms in total. The number of hydrogen-bond acceptors (Lipinski definition) is 6. The fraction of sp³-hybridized carbons (Fsp3) is 0.550. The van der Waals surface area contributed by atoms with Crippen LogP contribution in [0.4, 0.5) is 5.69 Å². The number of carbonyl (C=O) groups is 1. The van der Waals surface area contributed by atoms with Crippen molar-refractivity contribution >= 4 is 33.4 Å². The number of hydrogen-bond donors (Lipinski definition) is 1. The van der Waals surface area contributed by atoms with Crippen molar-refractivity contribution in [2.24, 2.45) is 13.0 Å². The molecular weight excluding hydrogens is 422 g/mol. The molecule has 1 saturated carbocycles. The summed E-state index contributed by atoms with van der Waals surface area (Å²) in [6, 6.07) is 9.14. The average molecular weight is 452 g/mol. The van der Waals surface area contributed by atoms with E-state index >= 15 is 0 Å². The highest BCUT2D eigenvalue weighted by Gasteiger charge is 2.24. The first kappa shape index (κ1) is 22.6. The van der Waals surface area contributed by atoms with Crippen molar-refractivity contribution < 1.29 is 13.2 Å². The van der Waals surface area contributed by atoms with Gasteiger partial charge in [-0.25, -0.2) is 8.42 Å². The van der Waals surface area contributed by atoms with E-state index in [1.165, 1.54) is 28.7 Å². The Kier molecular flexibility index (Phi) is 7.41. The number of amides is 1. The maximum absolute atomic E-state index is 12.4. The summed E-state index contributed by atoms with van der Waals surface area (Å²) < 4.78 is 27.6. The number of rotatable bonds is 8. The molecule has 0 saturated heterocycles. The highest BCUT2D eigenvalue weighted by Crippen LogP contribution is 2.25. The van der Waals surface area contributed by atoms with E-state index in [2.05, 4.69) is 22.4 Å². The molecule has 1 N–H and O–H groups in total. The summed E-state index contributed by atoms with van der Waals surface area (Å²) in [6.07, 6.45) is 5.75. The molecule has 2 atom stereocenters. The first-order valence-corrected chi connectivity index (χ1v) is 12.9. The molecular formula is C20H29N5O3S2. The van der Waals surface area contributed by atoms with Crippen LogP contribution in [0.3, 0.4) is 0 Å². The van der Waals surface area contributed by atoms with Crippen molar-refractivity contribution in [2.45, 2.75) is 50.4 Å². The van der Waals surface area contributed by atoms with Crippen LogP contribution in [0, 0.1) is 5.92 Å². The smallest absolute Gasteiger partial charge is 0.232 e. The number of para-hydroxylation sites is 1. The molecule has 164 valence electrons. The number of anilines is 1. The maximum atomic E-state index is 12.4. The molecule has 1 aromatic carbocycles. The third kappa shape index (κ3) is 5.75. The van der Waals surface area contributed by atoms with E-state index in [4.69, 9.17) is 0 Å². The SMILES string of the molecule is C[C@H]1CCCC[C@@H]1NC(=O)CSc1nnc(CN(c2ccccc2)S(C)(=O)=O)n1C. The number of aromatic nitrogens is 3. The van der Waals surface area contributed by atoms with Crippen LogP contribution in [0.2, 0.25) is 0 Å². The first-order valence-electron chi connectivity index (χ1n) is 10.1. The molecule has 0 unspecified atom stereocenters. The van der Waals surface area contributed by atoms with Crippen LogP contribution in [0.5, 0.6) is 0 Å². The molecule has 1 aliphatic rings.